The molecule has 2 heterocycles. The van der Waals surface area contributed by atoms with Crippen LogP contribution in [0.1, 0.15) is 60.5 Å². The van der Waals surface area contributed by atoms with Gasteiger partial charge in [0.05, 0.1) is 18.6 Å². The zero-order valence-corrected chi connectivity index (χ0v) is 28.8. The van der Waals surface area contributed by atoms with E-state index in [1.54, 1.807) is 25.7 Å². The molecule has 2 aromatic carbocycles. The van der Waals surface area contributed by atoms with Crippen LogP contribution in [0.3, 0.4) is 0 Å². The van der Waals surface area contributed by atoms with Crippen molar-refractivity contribution in [3.63, 3.8) is 0 Å². The third kappa shape index (κ3) is 8.53. The van der Waals surface area contributed by atoms with Gasteiger partial charge in [-0.2, -0.15) is 0 Å². The third-order valence-corrected chi connectivity index (χ3v) is 8.52. The topological polar surface area (TPSA) is 118 Å². The summed E-state index contributed by atoms with van der Waals surface area (Å²) in [6, 6.07) is 9.12. The highest BCUT2D eigenvalue weighted by molar-refractivity contribution is 5.92. The monoisotopic (exact) mass is 672 g/mol. The predicted octanol–water partition coefficient (Wildman–Crippen LogP) is 5.12. The van der Waals surface area contributed by atoms with E-state index in [9.17, 15) is 28.0 Å². The van der Waals surface area contributed by atoms with E-state index in [1.165, 1.54) is 24.9 Å². The number of halogens is 2. The first-order chi connectivity index (χ1) is 22.4. The Bertz CT molecular complexity index is 1490. The van der Waals surface area contributed by atoms with Crippen LogP contribution in [0.15, 0.2) is 48.5 Å². The average molecular weight is 673 g/mol. The van der Waals surface area contributed by atoms with Gasteiger partial charge < -0.3 is 24.4 Å². The van der Waals surface area contributed by atoms with Crippen LogP contribution < -0.4 is 10.1 Å². The molecule has 2 aliphatic rings. The van der Waals surface area contributed by atoms with Gasteiger partial charge in [0, 0.05) is 19.7 Å². The normalized spacial score (nSPS) is 20.4. The Hall–Kier alpha value is -4.42. The summed E-state index contributed by atoms with van der Waals surface area (Å²) in [6.45, 7) is 12.5. The summed E-state index contributed by atoms with van der Waals surface area (Å²) < 4.78 is 44.9. The first kappa shape index (κ1) is 36.4. The second-order valence-corrected chi connectivity index (χ2v) is 14.4. The molecule has 0 saturated carbocycles. The first-order valence-corrected chi connectivity index (χ1v) is 16.0. The number of nitrogens with zero attached hydrogens (tertiary/aromatic N) is 3. The lowest BCUT2D eigenvalue weighted by Gasteiger charge is -2.37. The summed E-state index contributed by atoms with van der Waals surface area (Å²) in [4.78, 5) is 58.2. The minimum Gasteiger partial charge on any atom is -0.486 e. The molecule has 4 amide bonds. The molecule has 2 aromatic rings. The van der Waals surface area contributed by atoms with Crippen molar-refractivity contribution in [3.8, 4) is 5.75 Å². The van der Waals surface area contributed by atoms with Crippen LogP contribution in [0.4, 0.5) is 18.4 Å². The van der Waals surface area contributed by atoms with Crippen LogP contribution >= 0.6 is 0 Å². The standard InChI is InChI=1S/C35H46F2N4O7/c1-21(39(8)32(44)46-20-22-12-10-9-11-13-22)30(42)38-29(34(2,3)4)31(43)40-17-16-26-28(40)27(19-41(26)33(45)48-35(5,6)7)47-23-14-15-24(36)25(37)18-23/h9-15,18,21,26-29H,16-17,19-20H2,1-8H3,(H,38,42)/t21-,26+,27-,28-,29+/m0/s1. The largest absolute Gasteiger partial charge is 0.486 e. The molecule has 262 valence electrons. The lowest BCUT2D eigenvalue weighted by Crippen LogP contribution is -2.60. The Morgan fingerprint density at radius 1 is 0.979 bits per heavy atom. The number of nitrogens with one attached hydrogen (secondary N) is 1. The second-order valence-electron chi connectivity index (χ2n) is 14.4. The van der Waals surface area contributed by atoms with E-state index >= 15 is 0 Å². The van der Waals surface area contributed by atoms with Crippen molar-refractivity contribution >= 4 is 24.0 Å². The van der Waals surface area contributed by atoms with E-state index in [4.69, 9.17) is 14.2 Å². The second kappa shape index (κ2) is 14.4. The van der Waals surface area contributed by atoms with Gasteiger partial charge in [-0.15, -0.1) is 0 Å². The van der Waals surface area contributed by atoms with Crippen LogP contribution in [0, 0.1) is 17.0 Å². The van der Waals surface area contributed by atoms with Gasteiger partial charge in [-0.3, -0.25) is 19.4 Å². The molecule has 11 nitrogen and oxygen atoms in total. The molecule has 0 radical (unpaired) electrons. The molecule has 2 saturated heterocycles. The van der Waals surface area contributed by atoms with Gasteiger partial charge in [0.25, 0.3) is 0 Å². The molecule has 0 bridgehead atoms. The molecule has 2 aliphatic heterocycles. The van der Waals surface area contributed by atoms with Gasteiger partial charge in [0.2, 0.25) is 11.8 Å². The first-order valence-electron chi connectivity index (χ1n) is 16.0. The van der Waals surface area contributed by atoms with Crippen LogP contribution in [0.2, 0.25) is 0 Å². The van der Waals surface area contributed by atoms with Gasteiger partial charge >= 0.3 is 12.2 Å². The number of ether oxygens (including phenoxy) is 3. The van der Waals surface area contributed by atoms with Crippen molar-refractivity contribution in [2.45, 2.75) is 97.4 Å². The number of amides is 4. The number of likely N-dealkylation sites (N-methyl/N-ethyl adjacent to an activating group) is 1. The van der Waals surface area contributed by atoms with E-state index in [0.717, 1.165) is 22.6 Å². The van der Waals surface area contributed by atoms with Gasteiger partial charge in [-0.05, 0) is 57.2 Å². The Labute approximate surface area is 280 Å². The van der Waals surface area contributed by atoms with E-state index in [1.807, 2.05) is 51.1 Å². The maximum Gasteiger partial charge on any atom is 0.410 e. The molecule has 0 spiro atoms. The van der Waals surface area contributed by atoms with Crippen LogP contribution in [0.25, 0.3) is 0 Å². The highest BCUT2D eigenvalue weighted by atomic mass is 19.2. The van der Waals surface area contributed by atoms with Crippen molar-refractivity contribution in [1.29, 1.82) is 0 Å². The molecule has 0 aromatic heterocycles. The van der Waals surface area contributed by atoms with Crippen molar-refractivity contribution in [2.24, 2.45) is 5.41 Å². The lowest BCUT2D eigenvalue weighted by molar-refractivity contribution is -0.142. The molecule has 4 rings (SSSR count). The Morgan fingerprint density at radius 3 is 2.25 bits per heavy atom. The Balaban J connectivity index is 1.53. The van der Waals surface area contributed by atoms with Gasteiger partial charge in [0.15, 0.2) is 11.6 Å². The predicted molar refractivity (Wildman–Crippen MR) is 173 cm³/mol. The minimum absolute atomic E-state index is 0.0342. The Kier molecular flexibility index (Phi) is 10.9. The summed E-state index contributed by atoms with van der Waals surface area (Å²) in [6.07, 6.45) is -1.68. The maximum absolute atomic E-state index is 14.4. The van der Waals surface area contributed by atoms with Gasteiger partial charge in [-0.25, -0.2) is 18.4 Å². The van der Waals surface area contributed by atoms with Crippen LogP contribution in [-0.2, 0) is 25.7 Å². The fourth-order valence-corrected chi connectivity index (χ4v) is 5.88. The number of carbonyl (C=O) groups is 4. The molecule has 2 fully saturated rings. The van der Waals surface area contributed by atoms with E-state index < -0.39 is 76.9 Å². The minimum atomic E-state index is -1.09. The fraction of sp³-hybridized carbons (Fsp3) is 0.543. The highest BCUT2D eigenvalue weighted by Gasteiger charge is 2.55. The summed E-state index contributed by atoms with van der Waals surface area (Å²) in [5.74, 6) is -3.05. The quantitative estimate of drug-likeness (QED) is 0.414. The van der Waals surface area contributed by atoms with Crippen molar-refractivity contribution in [2.75, 3.05) is 20.1 Å². The smallest absolute Gasteiger partial charge is 0.410 e. The number of hydrogen-bond acceptors (Lipinski definition) is 7. The van der Waals surface area contributed by atoms with E-state index in [2.05, 4.69) is 5.32 Å². The van der Waals surface area contributed by atoms with Crippen molar-refractivity contribution < 1.29 is 42.2 Å². The van der Waals surface area contributed by atoms with Gasteiger partial charge in [-0.1, -0.05) is 51.1 Å². The fourth-order valence-electron chi connectivity index (χ4n) is 5.88. The molecule has 13 heteroatoms. The zero-order chi connectivity index (χ0) is 35.6. The molecule has 48 heavy (non-hydrogen) atoms. The highest BCUT2D eigenvalue weighted by Crippen LogP contribution is 2.37. The van der Waals surface area contributed by atoms with Crippen molar-refractivity contribution in [1.82, 2.24) is 20.0 Å². The van der Waals surface area contributed by atoms with Crippen molar-refractivity contribution in [3.05, 3.63) is 65.7 Å². The number of hydrogen-bond donors (Lipinski definition) is 1. The summed E-state index contributed by atoms with van der Waals surface area (Å²) in [5.41, 5.74) is -0.752. The molecule has 0 aliphatic carbocycles. The van der Waals surface area contributed by atoms with E-state index in [0.29, 0.717) is 6.42 Å². The number of likely N-dealkylation sites (tertiary alicyclic amines) is 2. The molecular formula is C35H46F2N4O7. The number of rotatable bonds is 8. The molecule has 5 atom stereocenters. The van der Waals surface area contributed by atoms with Crippen LogP contribution in [-0.4, -0.2) is 94.7 Å². The zero-order valence-electron chi connectivity index (χ0n) is 28.8. The number of carbonyl (C=O) groups excluding carboxylic acids is 4. The Morgan fingerprint density at radius 2 is 1.65 bits per heavy atom. The number of benzene rings is 2. The summed E-state index contributed by atoms with van der Waals surface area (Å²) in [7, 11) is 1.45. The van der Waals surface area contributed by atoms with E-state index in [-0.39, 0.29) is 25.4 Å². The lowest BCUT2D eigenvalue weighted by atomic mass is 9.85. The van der Waals surface area contributed by atoms with Gasteiger partial charge in [0.1, 0.15) is 36.1 Å². The summed E-state index contributed by atoms with van der Waals surface area (Å²) >= 11 is 0. The van der Waals surface area contributed by atoms with Crippen LogP contribution in [0.5, 0.6) is 5.75 Å². The average Bonchev–Trinajstić information content (AvgIpc) is 3.60. The number of fused-ring (bicyclic) bond motifs is 1. The molecule has 1 N–H and O–H groups in total. The third-order valence-electron chi connectivity index (χ3n) is 8.52. The molecule has 0 unspecified atom stereocenters. The molecular weight excluding hydrogens is 626 g/mol. The SMILES string of the molecule is C[C@@H](C(=O)N[C@H](C(=O)N1CC[C@@H]2[C@H]1[C@@H](Oc1ccc(F)c(F)c1)CN2C(=O)OC(C)(C)C)C(C)(C)C)N(C)C(=O)OCc1ccccc1. The summed E-state index contributed by atoms with van der Waals surface area (Å²) in [5, 5.41) is 2.85. The maximum atomic E-state index is 14.4.